The van der Waals surface area contributed by atoms with Gasteiger partial charge < -0.3 is 15.0 Å². The van der Waals surface area contributed by atoms with Gasteiger partial charge in [-0.3, -0.25) is 9.80 Å². The van der Waals surface area contributed by atoms with Crippen molar-refractivity contribution in [3.63, 3.8) is 0 Å². The van der Waals surface area contributed by atoms with E-state index < -0.39 is 0 Å². The molecule has 6 nitrogen and oxygen atoms in total. The standard InChI is InChI=1S/C17H21ClN2O2.C15H19ClN2/c1-3-16(8-7-14-5-4-6-15(18)13-14)19-9-11-20(12-10-19)17(21)22-2;1-2-15(18-10-8-17-9-11-18)7-6-13-4-3-5-14(16)12-13/h4-6,13,16H,3,9-12H2,1-2H3;3-5,12,15,17H,2,8-11H2,1H3. The minimum atomic E-state index is -0.252. The van der Waals surface area contributed by atoms with E-state index in [4.69, 9.17) is 27.9 Å². The summed E-state index contributed by atoms with van der Waals surface area (Å²) >= 11 is 11.9. The third kappa shape index (κ3) is 10.4. The fourth-order valence-electron chi connectivity index (χ4n) is 4.71. The van der Waals surface area contributed by atoms with E-state index in [0.717, 1.165) is 68.3 Å². The van der Waals surface area contributed by atoms with Crippen molar-refractivity contribution < 1.29 is 9.53 Å². The average Bonchev–Trinajstić information content (AvgIpc) is 2.99. The first kappa shape index (κ1) is 31.8. The SMILES string of the molecule is CCC(C#Cc1cccc(Cl)c1)N1CCN(C(=O)OC)CC1.CCC(C#Cc1cccc(Cl)c1)N1CCNCC1. The highest BCUT2D eigenvalue weighted by molar-refractivity contribution is 6.30. The van der Waals surface area contributed by atoms with Crippen LogP contribution in [0.15, 0.2) is 48.5 Å². The lowest BCUT2D eigenvalue weighted by Crippen LogP contribution is -2.51. The van der Waals surface area contributed by atoms with Gasteiger partial charge in [0.15, 0.2) is 0 Å². The quantitative estimate of drug-likeness (QED) is 0.500. The number of carbonyl (C=O) groups is 1. The molecule has 2 atom stereocenters. The van der Waals surface area contributed by atoms with Gasteiger partial charge in [-0.15, -0.1) is 0 Å². The molecule has 8 heteroatoms. The normalized spacial score (nSPS) is 17.2. The van der Waals surface area contributed by atoms with E-state index in [2.05, 4.69) is 52.6 Å². The molecule has 4 rings (SSSR count). The third-order valence-electron chi connectivity index (χ3n) is 6.97. The zero-order valence-electron chi connectivity index (χ0n) is 23.8. The van der Waals surface area contributed by atoms with Gasteiger partial charge in [0, 0.05) is 73.5 Å². The van der Waals surface area contributed by atoms with Crippen LogP contribution in [-0.4, -0.2) is 92.3 Å². The fourth-order valence-corrected chi connectivity index (χ4v) is 5.09. The van der Waals surface area contributed by atoms with E-state index >= 15 is 0 Å². The summed E-state index contributed by atoms with van der Waals surface area (Å²) in [4.78, 5) is 18.0. The van der Waals surface area contributed by atoms with Gasteiger partial charge >= 0.3 is 6.09 Å². The van der Waals surface area contributed by atoms with Crippen LogP contribution in [-0.2, 0) is 4.74 Å². The minimum absolute atomic E-state index is 0.193. The third-order valence-corrected chi connectivity index (χ3v) is 7.44. The maximum Gasteiger partial charge on any atom is 0.409 e. The van der Waals surface area contributed by atoms with Gasteiger partial charge in [-0.25, -0.2) is 4.79 Å². The molecule has 2 aliphatic rings. The number of piperazine rings is 2. The molecule has 1 amide bonds. The highest BCUT2D eigenvalue weighted by Crippen LogP contribution is 2.13. The highest BCUT2D eigenvalue weighted by Gasteiger charge is 2.24. The molecular formula is C32H40Cl2N4O2. The van der Waals surface area contributed by atoms with Gasteiger partial charge in [-0.1, -0.05) is 72.9 Å². The number of nitrogens with one attached hydrogen (secondary N) is 1. The van der Waals surface area contributed by atoms with Crippen molar-refractivity contribution in [1.29, 1.82) is 0 Å². The summed E-state index contributed by atoms with van der Waals surface area (Å²) in [6.07, 6.45) is 1.76. The van der Waals surface area contributed by atoms with Crippen molar-refractivity contribution >= 4 is 29.3 Å². The van der Waals surface area contributed by atoms with Gasteiger partial charge in [-0.2, -0.15) is 0 Å². The Labute approximate surface area is 249 Å². The van der Waals surface area contributed by atoms with Gasteiger partial charge in [-0.05, 0) is 49.2 Å². The maximum absolute atomic E-state index is 11.5. The van der Waals surface area contributed by atoms with E-state index in [1.165, 1.54) is 7.11 Å². The number of methoxy groups -OCH3 is 1. The fraction of sp³-hybridized carbons (Fsp3) is 0.469. The Morgan fingerprint density at radius 1 is 0.825 bits per heavy atom. The molecule has 0 bridgehead atoms. The van der Waals surface area contributed by atoms with Crippen LogP contribution in [0.25, 0.3) is 0 Å². The van der Waals surface area contributed by atoms with Crippen LogP contribution >= 0.6 is 23.2 Å². The molecule has 0 radical (unpaired) electrons. The van der Waals surface area contributed by atoms with Crippen LogP contribution in [0.2, 0.25) is 10.0 Å². The molecule has 2 aromatic rings. The molecule has 2 aromatic carbocycles. The number of ether oxygens (including phenoxy) is 1. The number of carbonyl (C=O) groups excluding carboxylic acids is 1. The second kappa shape index (κ2) is 17.2. The maximum atomic E-state index is 11.5. The molecule has 2 saturated heterocycles. The Kier molecular flexibility index (Phi) is 13.7. The summed E-state index contributed by atoms with van der Waals surface area (Å²) < 4.78 is 4.76. The lowest BCUT2D eigenvalue weighted by atomic mass is 10.1. The second-order valence-corrected chi connectivity index (χ2v) is 10.6. The van der Waals surface area contributed by atoms with E-state index in [-0.39, 0.29) is 12.1 Å². The molecule has 2 unspecified atom stereocenters. The lowest BCUT2D eigenvalue weighted by Gasteiger charge is -2.36. The van der Waals surface area contributed by atoms with Crippen LogP contribution in [0.1, 0.15) is 37.8 Å². The molecular weight excluding hydrogens is 543 g/mol. The van der Waals surface area contributed by atoms with E-state index in [1.54, 1.807) is 4.90 Å². The van der Waals surface area contributed by atoms with Crippen LogP contribution in [0.3, 0.4) is 0 Å². The molecule has 1 N–H and O–H groups in total. The van der Waals surface area contributed by atoms with E-state index in [9.17, 15) is 4.79 Å². The molecule has 2 aliphatic heterocycles. The molecule has 40 heavy (non-hydrogen) atoms. The first-order valence-corrected chi connectivity index (χ1v) is 14.7. The first-order valence-electron chi connectivity index (χ1n) is 14.0. The Bertz CT molecular complexity index is 1200. The van der Waals surface area contributed by atoms with E-state index in [0.29, 0.717) is 24.2 Å². The van der Waals surface area contributed by atoms with Crippen LogP contribution in [0.4, 0.5) is 4.79 Å². The molecule has 2 fully saturated rings. The molecule has 0 spiro atoms. The summed E-state index contributed by atoms with van der Waals surface area (Å²) in [5.41, 5.74) is 1.93. The molecule has 0 aromatic heterocycles. The van der Waals surface area contributed by atoms with Crippen molar-refractivity contribution in [2.45, 2.75) is 38.8 Å². The highest BCUT2D eigenvalue weighted by atomic mass is 35.5. The van der Waals surface area contributed by atoms with Crippen molar-refractivity contribution in [2.75, 3.05) is 59.5 Å². The van der Waals surface area contributed by atoms with Gasteiger partial charge in [0.05, 0.1) is 19.2 Å². The summed E-state index contributed by atoms with van der Waals surface area (Å²) in [6.45, 7) is 11.6. The molecule has 0 aliphatic carbocycles. The Hall–Kier alpha value is -2.71. The van der Waals surface area contributed by atoms with E-state index in [1.807, 2.05) is 48.5 Å². The van der Waals surface area contributed by atoms with Crippen molar-refractivity contribution in [1.82, 2.24) is 20.0 Å². The zero-order valence-corrected chi connectivity index (χ0v) is 25.3. The van der Waals surface area contributed by atoms with Crippen LogP contribution in [0, 0.1) is 23.7 Å². The summed E-state index contributed by atoms with van der Waals surface area (Å²) in [5, 5.41) is 4.82. The summed E-state index contributed by atoms with van der Waals surface area (Å²) in [7, 11) is 1.42. The van der Waals surface area contributed by atoms with Crippen LogP contribution in [0.5, 0.6) is 0 Å². The predicted octanol–water partition coefficient (Wildman–Crippen LogP) is 5.23. The number of hydrogen-bond acceptors (Lipinski definition) is 5. The second-order valence-electron chi connectivity index (χ2n) is 9.69. The average molecular weight is 584 g/mol. The lowest BCUT2D eigenvalue weighted by molar-refractivity contribution is 0.0831. The molecule has 2 heterocycles. The van der Waals surface area contributed by atoms with Gasteiger partial charge in [0.1, 0.15) is 0 Å². The zero-order chi connectivity index (χ0) is 28.7. The predicted molar refractivity (Wildman–Crippen MR) is 165 cm³/mol. The number of nitrogens with zero attached hydrogens (tertiary/aromatic N) is 3. The topological polar surface area (TPSA) is 48.1 Å². The van der Waals surface area contributed by atoms with Crippen molar-refractivity contribution in [3.8, 4) is 23.7 Å². The Balaban J connectivity index is 0.000000225. The van der Waals surface area contributed by atoms with Crippen LogP contribution < -0.4 is 5.32 Å². The Morgan fingerprint density at radius 2 is 1.30 bits per heavy atom. The Morgan fingerprint density at radius 3 is 1.73 bits per heavy atom. The summed E-state index contributed by atoms with van der Waals surface area (Å²) in [5.74, 6) is 13.1. The largest absolute Gasteiger partial charge is 0.453 e. The molecule has 214 valence electrons. The number of rotatable bonds is 4. The van der Waals surface area contributed by atoms with Crippen molar-refractivity contribution in [2.24, 2.45) is 0 Å². The first-order chi connectivity index (χ1) is 19.4. The monoisotopic (exact) mass is 582 g/mol. The minimum Gasteiger partial charge on any atom is -0.453 e. The number of amides is 1. The van der Waals surface area contributed by atoms with Gasteiger partial charge in [0.25, 0.3) is 0 Å². The number of halogens is 2. The smallest absolute Gasteiger partial charge is 0.409 e. The van der Waals surface area contributed by atoms with Crippen molar-refractivity contribution in [3.05, 3.63) is 69.7 Å². The molecule has 0 saturated carbocycles. The number of hydrogen-bond donors (Lipinski definition) is 1. The van der Waals surface area contributed by atoms with Gasteiger partial charge in [0.2, 0.25) is 0 Å². The summed E-state index contributed by atoms with van der Waals surface area (Å²) in [6, 6.07) is 15.9. The number of benzene rings is 2.